The Balaban J connectivity index is 2.07. The molecule has 120 valence electrons. The average Bonchev–Trinajstić information content (AvgIpc) is 2.70. The van der Waals surface area contributed by atoms with Gasteiger partial charge in [-0.05, 0) is 68.5 Å². The molecule has 0 aliphatic heterocycles. The van der Waals surface area contributed by atoms with Crippen LogP contribution in [0, 0.1) is 9.39 Å². The topological polar surface area (TPSA) is 43.3 Å². The Morgan fingerprint density at radius 1 is 1.45 bits per heavy atom. The quantitative estimate of drug-likeness (QED) is 0.756. The summed E-state index contributed by atoms with van der Waals surface area (Å²) in [6, 6.07) is 5.10. The van der Waals surface area contributed by atoms with Gasteiger partial charge in [0.1, 0.15) is 11.4 Å². The van der Waals surface area contributed by atoms with Crippen molar-refractivity contribution >= 4 is 39.6 Å². The highest BCUT2D eigenvalue weighted by Crippen LogP contribution is 2.22. The molecule has 0 spiro atoms. The van der Waals surface area contributed by atoms with Crippen LogP contribution in [0.5, 0.6) is 0 Å². The Hall–Kier alpha value is -1.31. The van der Waals surface area contributed by atoms with Crippen molar-refractivity contribution in [2.45, 2.75) is 45.9 Å². The van der Waals surface area contributed by atoms with Gasteiger partial charge in [-0.25, -0.2) is 9.18 Å². The van der Waals surface area contributed by atoms with Crippen molar-refractivity contribution in [1.82, 2.24) is 9.88 Å². The molecular formula is C16H20FIN2O2. The van der Waals surface area contributed by atoms with Crippen molar-refractivity contribution in [2.24, 2.45) is 0 Å². The number of benzene rings is 1. The molecule has 0 saturated carbocycles. The lowest BCUT2D eigenvalue weighted by molar-refractivity contribution is 0.0504. The van der Waals surface area contributed by atoms with Crippen molar-refractivity contribution in [3.8, 4) is 0 Å². The number of ether oxygens (including phenoxy) is 1. The van der Waals surface area contributed by atoms with E-state index in [1.807, 2.05) is 73.2 Å². The van der Waals surface area contributed by atoms with E-state index in [0.717, 1.165) is 10.9 Å². The molecule has 1 aromatic carbocycles. The number of carbonyl (C=O) groups excluding carboxylic acids is 1. The lowest BCUT2D eigenvalue weighted by Gasteiger charge is -2.22. The molecule has 2 rings (SSSR count). The number of carbonyl (C=O) groups is 1. The highest BCUT2D eigenvalue weighted by molar-refractivity contribution is 14.1. The van der Waals surface area contributed by atoms with E-state index in [-0.39, 0.29) is 11.9 Å². The second-order valence-electron chi connectivity index (χ2n) is 6.34. The summed E-state index contributed by atoms with van der Waals surface area (Å²) >= 11 is 1.98. The van der Waals surface area contributed by atoms with Gasteiger partial charge < -0.3 is 14.6 Å². The van der Waals surface area contributed by atoms with Gasteiger partial charge in [0.25, 0.3) is 0 Å². The Morgan fingerprint density at radius 2 is 2.14 bits per heavy atom. The molecule has 1 N–H and O–H groups in total. The predicted molar refractivity (Wildman–Crippen MR) is 93.4 cm³/mol. The minimum Gasteiger partial charge on any atom is -0.444 e. The van der Waals surface area contributed by atoms with E-state index >= 15 is 0 Å². The first-order valence-corrected chi connectivity index (χ1v) is 8.17. The van der Waals surface area contributed by atoms with Crippen molar-refractivity contribution in [3.63, 3.8) is 0 Å². The third-order valence-electron chi connectivity index (χ3n) is 3.05. The minimum atomic E-state index is -0.516. The van der Waals surface area contributed by atoms with Crippen LogP contribution < -0.4 is 5.32 Å². The number of amides is 1. The molecule has 1 heterocycles. The zero-order valence-electron chi connectivity index (χ0n) is 13.1. The van der Waals surface area contributed by atoms with Crippen molar-refractivity contribution < 1.29 is 13.9 Å². The summed E-state index contributed by atoms with van der Waals surface area (Å²) in [6.45, 7) is 7.97. The number of fused-ring (bicyclic) bond motifs is 1. The van der Waals surface area contributed by atoms with Gasteiger partial charge in [-0.3, -0.25) is 0 Å². The van der Waals surface area contributed by atoms with Crippen molar-refractivity contribution in [3.05, 3.63) is 33.8 Å². The third-order valence-corrected chi connectivity index (χ3v) is 3.87. The summed E-state index contributed by atoms with van der Waals surface area (Å²) in [5.74, 6) is -0.217. The summed E-state index contributed by atoms with van der Waals surface area (Å²) < 4.78 is 21.4. The number of hydrogen-bond donors (Lipinski definition) is 1. The molecular weight excluding hydrogens is 398 g/mol. The normalized spacial score (nSPS) is 13.2. The first-order chi connectivity index (χ1) is 10.2. The number of aromatic nitrogens is 1. The summed E-state index contributed by atoms with van der Waals surface area (Å²) in [5, 5.41) is 3.66. The fraction of sp³-hybridized carbons (Fsp3) is 0.438. The Bertz CT molecular complexity index is 691. The van der Waals surface area contributed by atoms with Crippen LogP contribution in [0.4, 0.5) is 9.18 Å². The van der Waals surface area contributed by atoms with Gasteiger partial charge in [-0.2, -0.15) is 0 Å². The second-order valence-corrected chi connectivity index (χ2v) is 7.50. The van der Waals surface area contributed by atoms with Gasteiger partial charge in [0.15, 0.2) is 0 Å². The molecule has 1 amide bonds. The molecule has 6 heteroatoms. The molecule has 4 nitrogen and oxygen atoms in total. The maximum absolute atomic E-state index is 13.6. The predicted octanol–water partition coefficient (Wildman–Crippen LogP) is 4.30. The molecule has 0 saturated heterocycles. The monoisotopic (exact) mass is 418 g/mol. The summed E-state index contributed by atoms with van der Waals surface area (Å²) in [5.41, 5.74) is 0.432. The largest absolute Gasteiger partial charge is 0.444 e. The first kappa shape index (κ1) is 17.1. The number of nitrogens with zero attached hydrogens (tertiary/aromatic N) is 1. The molecule has 0 fully saturated rings. The van der Waals surface area contributed by atoms with E-state index in [1.54, 1.807) is 0 Å². The SMILES string of the molecule is C[C@@H](Cn1ccc2cc(F)c(I)cc21)NC(=O)OC(C)(C)C. The maximum Gasteiger partial charge on any atom is 0.407 e. The van der Waals surface area contributed by atoms with Gasteiger partial charge in [-0.1, -0.05) is 0 Å². The first-order valence-electron chi connectivity index (χ1n) is 7.09. The Kier molecular flexibility index (Phi) is 4.99. The van der Waals surface area contributed by atoms with Crippen LogP contribution in [0.1, 0.15) is 27.7 Å². The molecule has 1 atom stereocenters. The van der Waals surface area contributed by atoms with Crippen molar-refractivity contribution in [1.29, 1.82) is 0 Å². The fourth-order valence-electron chi connectivity index (χ4n) is 2.19. The number of alkyl carbamates (subject to hydrolysis) is 1. The Labute approximate surface area is 143 Å². The van der Waals surface area contributed by atoms with E-state index < -0.39 is 11.7 Å². The Morgan fingerprint density at radius 3 is 2.77 bits per heavy atom. The molecule has 1 aromatic heterocycles. The zero-order valence-corrected chi connectivity index (χ0v) is 15.3. The highest BCUT2D eigenvalue weighted by atomic mass is 127. The molecule has 0 radical (unpaired) electrons. The van der Waals surface area contributed by atoms with Crippen LogP contribution in [-0.4, -0.2) is 22.3 Å². The van der Waals surface area contributed by atoms with Gasteiger partial charge in [-0.15, -0.1) is 0 Å². The molecule has 0 bridgehead atoms. The number of rotatable bonds is 3. The van der Waals surface area contributed by atoms with Crippen LogP contribution in [0.2, 0.25) is 0 Å². The second kappa shape index (κ2) is 6.44. The maximum atomic E-state index is 13.6. The van der Waals surface area contributed by atoms with Crippen LogP contribution in [-0.2, 0) is 11.3 Å². The average molecular weight is 418 g/mol. The van der Waals surface area contributed by atoms with Crippen LogP contribution in [0.15, 0.2) is 24.4 Å². The van der Waals surface area contributed by atoms with Crippen LogP contribution in [0.3, 0.4) is 0 Å². The lowest BCUT2D eigenvalue weighted by atomic mass is 10.2. The number of hydrogen-bond acceptors (Lipinski definition) is 2. The van der Waals surface area contributed by atoms with Crippen molar-refractivity contribution in [2.75, 3.05) is 0 Å². The molecule has 0 aliphatic carbocycles. The summed E-state index contributed by atoms with van der Waals surface area (Å²) in [6.07, 6.45) is 1.46. The summed E-state index contributed by atoms with van der Waals surface area (Å²) in [7, 11) is 0. The van der Waals surface area contributed by atoms with Gasteiger partial charge in [0, 0.05) is 29.7 Å². The van der Waals surface area contributed by atoms with E-state index in [1.165, 1.54) is 6.07 Å². The smallest absolute Gasteiger partial charge is 0.407 e. The third kappa shape index (κ3) is 4.34. The van der Waals surface area contributed by atoms with E-state index in [2.05, 4.69) is 5.32 Å². The standard InChI is InChI=1S/C16H20FIN2O2/c1-10(19-15(21)22-16(2,3)4)9-20-6-5-11-7-12(17)13(18)8-14(11)20/h5-8,10H,9H2,1-4H3,(H,19,21)/t10-/m0/s1. The van der Waals surface area contributed by atoms with Gasteiger partial charge in [0.05, 0.1) is 3.57 Å². The fourth-order valence-corrected chi connectivity index (χ4v) is 2.64. The summed E-state index contributed by atoms with van der Waals surface area (Å²) in [4.78, 5) is 11.8. The van der Waals surface area contributed by atoms with Crippen LogP contribution in [0.25, 0.3) is 10.9 Å². The molecule has 0 aliphatic rings. The molecule has 2 aromatic rings. The van der Waals surface area contributed by atoms with E-state index in [9.17, 15) is 9.18 Å². The van der Waals surface area contributed by atoms with Gasteiger partial charge in [0.2, 0.25) is 0 Å². The van der Waals surface area contributed by atoms with Crippen LogP contribution >= 0.6 is 22.6 Å². The minimum absolute atomic E-state index is 0.104. The lowest BCUT2D eigenvalue weighted by Crippen LogP contribution is -2.39. The van der Waals surface area contributed by atoms with E-state index in [0.29, 0.717) is 10.1 Å². The number of halogens is 2. The van der Waals surface area contributed by atoms with E-state index in [4.69, 9.17) is 4.74 Å². The molecule has 0 unspecified atom stereocenters. The zero-order chi connectivity index (χ0) is 16.5. The highest BCUT2D eigenvalue weighted by Gasteiger charge is 2.18. The van der Waals surface area contributed by atoms with Gasteiger partial charge >= 0.3 is 6.09 Å². The molecule has 22 heavy (non-hydrogen) atoms. The number of nitrogens with one attached hydrogen (secondary N) is 1.